The van der Waals surface area contributed by atoms with Gasteiger partial charge in [-0.3, -0.25) is 9.35 Å². The zero-order chi connectivity index (χ0) is 37.7. The number of amides is 1. The summed E-state index contributed by atoms with van der Waals surface area (Å²) in [5.74, 6) is -1.45. The number of hydrogen-bond donors (Lipinski definition) is 4. The van der Waals surface area contributed by atoms with E-state index < -0.39 is 40.0 Å². The minimum absolute atomic E-state index is 0.293. The summed E-state index contributed by atoms with van der Waals surface area (Å²) in [4.78, 5) is 12.6. The van der Waals surface area contributed by atoms with Crippen molar-refractivity contribution in [2.75, 3.05) is 5.75 Å². The van der Waals surface area contributed by atoms with Crippen LogP contribution in [0.5, 0.6) is 0 Å². The Morgan fingerprint density at radius 2 is 0.863 bits per heavy atom. The Morgan fingerprint density at radius 3 is 1.27 bits per heavy atom. The van der Waals surface area contributed by atoms with Crippen LogP contribution in [-0.2, 0) is 14.9 Å². The second-order valence-corrected chi connectivity index (χ2v) is 16.6. The highest BCUT2D eigenvalue weighted by atomic mass is 32.2. The molecule has 0 saturated heterocycles. The van der Waals surface area contributed by atoms with Crippen LogP contribution in [0, 0.1) is 0 Å². The van der Waals surface area contributed by atoms with Crippen molar-refractivity contribution >= 4 is 16.0 Å². The van der Waals surface area contributed by atoms with E-state index in [1.165, 1.54) is 135 Å². The van der Waals surface area contributed by atoms with E-state index >= 15 is 0 Å². The van der Waals surface area contributed by atoms with E-state index in [0.717, 1.165) is 44.9 Å². The first-order valence-electron chi connectivity index (χ1n) is 21.6. The van der Waals surface area contributed by atoms with Gasteiger partial charge in [0.2, 0.25) is 5.91 Å². The average molecular weight is 742 g/mol. The Bertz CT molecular complexity index is 921. The summed E-state index contributed by atoms with van der Waals surface area (Å²) in [5.41, 5.74) is 0. The van der Waals surface area contributed by atoms with Gasteiger partial charge in [0.25, 0.3) is 10.1 Å². The van der Waals surface area contributed by atoms with Gasteiger partial charge in [-0.2, -0.15) is 8.42 Å². The van der Waals surface area contributed by atoms with Crippen molar-refractivity contribution in [2.45, 2.75) is 238 Å². The molecule has 8 heteroatoms. The van der Waals surface area contributed by atoms with Gasteiger partial charge in [-0.05, 0) is 38.5 Å². The van der Waals surface area contributed by atoms with Crippen LogP contribution < -0.4 is 5.32 Å². The smallest absolute Gasteiger partial charge is 0.266 e. The van der Waals surface area contributed by atoms with Gasteiger partial charge in [-0.15, -0.1) is 0 Å². The quantitative estimate of drug-likeness (QED) is 0.0282. The third-order valence-corrected chi connectivity index (χ3v) is 10.8. The van der Waals surface area contributed by atoms with Crippen molar-refractivity contribution in [3.63, 3.8) is 0 Å². The molecule has 0 rings (SSSR count). The number of carbonyl (C=O) groups is 1. The summed E-state index contributed by atoms with van der Waals surface area (Å²) in [6.45, 7) is 4.49. The number of nitrogens with one attached hydrogen (secondary N) is 1. The lowest BCUT2D eigenvalue weighted by Crippen LogP contribution is -2.50. The first-order chi connectivity index (χ1) is 24.7. The van der Waals surface area contributed by atoms with E-state index in [1.807, 2.05) is 0 Å². The van der Waals surface area contributed by atoms with Gasteiger partial charge >= 0.3 is 0 Å². The van der Waals surface area contributed by atoms with Crippen LogP contribution in [0.4, 0.5) is 0 Å². The number of unbranched alkanes of at least 4 members (excludes halogenated alkanes) is 27. The molecule has 0 fully saturated rings. The highest BCUT2D eigenvalue weighted by molar-refractivity contribution is 7.85. The van der Waals surface area contributed by atoms with Gasteiger partial charge in [0.05, 0.1) is 17.9 Å². The molecule has 302 valence electrons. The molecule has 3 atom stereocenters. The molecule has 4 N–H and O–H groups in total. The third-order valence-electron chi connectivity index (χ3n) is 10.0. The molecule has 0 bridgehead atoms. The molecular weight excluding hydrogens is 659 g/mol. The lowest BCUT2D eigenvalue weighted by Gasteiger charge is -2.24. The lowest BCUT2D eigenvalue weighted by molar-refractivity contribution is -0.131. The van der Waals surface area contributed by atoms with Crippen LogP contribution in [0.15, 0.2) is 24.3 Å². The number of aliphatic hydroxyl groups excluding tert-OH is 2. The third kappa shape index (κ3) is 36.9. The fraction of sp³-hybridized carbons (Fsp3) is 0.884. The van der Waals surface area contributed by atoms with Crippen molar-refractivity contribution in [3.05, 3.63) is 24.3 Å². The summed E-state index contributed by atoms with van der Waals surface area (Å²) in [5, 5.41) is 23.6. The van der Waals surface area contributed by atoms with Crippen molar-refractivity contribution in [1.29, 1.82) is 0 Å². The molecule has 0 aromatic rings. The monoisotopic (exact) mass is 742 g/mol. The number of hydrogen-bond acceptors (Lipinski definition) is 5. The maximum atomic E-state index is 12.6. The van der Waals surface area contributed by atoms with Crippen molar-refractivity contribution in [2.24, 2.45) is 0 Å². The summed E-state index contributed by atoms with van der Waals surface area (Å²) in [7, 11) is -4.41. The Hall–Kier alpha value is -1.22. The van der Waals surface area contributed by atoms with Crippen molar-refractivity contribution in [3.8, 4) is 0 Å². The normalized spacial score (nSPS) is 14.1. The second-order valence-electron chi connectivity index (χ2n) is 15.2. The molecule has 3 unspecified atom stereocenters. The molecule has 0 heterocycles. The summed E-state index contributed by atoms with van der Waals surface area (Å²) < 4.78 is 32.6. The molecule has 0 saturated carbocycles. The Balaban J connectivity index is 3.95. The molecule has 7 nitrogen and oxygen atoms in total. The Kier molecular flexibility index (Phi) is 36.2. The Labute approximate surface area is 316 Å². The van der Waals surface area contributed by atoms with E-state index in [4.69, 9.17) is 0 Å². The van der Waals surface area contributed by atoms with Gasteiger partial charge in [0, 0.05) is 0 Å². The largest absolute Gasteiger partial charge is 0.391 e. The number of aliphatic hydroxyl groups is 2. The summed E-state index contributed by atoms with van der Waals surface area (Å²) in [6, 6.07) is -1.15. The van der Waals surface area contributed by atoms with Gasteiger partial charge in [0.1, 0.15) is 6.10 Å². The van der Waals surface area contributed by atoms with Crippen molar-refractivity contribution < 1.29 is 28.0 Å². The minimum Gasteiger partial charge on any atom is -0.391 e. The number of carbonyl (C=O) groups excluding carboxylic acids is 1. The standard InChI is InChI=1S/C43H83NO6S/c1-3-5-7-9-11-13-15-17-19-21-22-24-26-28-30-32-34-36-38-42(46)43(47)44-40(39-51(48,49)50)41(45)37-35-33-31-29-27-25-23-20-18-16-14-12-10-8-6-4-2/h11,13,15,17,40-42,45-46H,3-10,12,14,16,18-39H2,1-2H3,(H,44,47)(H,48,49,50)/b13-11-,17-15-. The number of rotatable bonds is 39. The zero-order valence-electron chi connectivity index (χ0n) is 33.4. The van der Waals surface area contributed by atoms with E-state index in [1.54, 1.807) is 0 Å². The first kappa shape index (κ1) is 49.8. The molecule has 0 aromatic carbocycles. The minimum atomic E-state index is -4.41. The van der Waals surface area contributed by atoms with Crippen LogP contribution in [0.2, 0.25) is 0 Å². The number of allylic oxidation sites excluding steroid dienone is 4. The molecule has 0 spiro atoms. The summed E-state index contributed by atoms with van der Waals surface area (Å²) in [6.07, 6.45) is 43.3. The average Bonchev–Trinajstić information content (AvgIpc) is 3.09. The zero-order valence-corrected chi connectivity index (χ0v) is 34.2. The van der Waals surface area contributed by atoms with Crippen LogP contribution in [0.1, 0.15) is 219 Å². The lowest BCUT2D eigenvalue weighted by atomic mass is 10.0. The maximum absolute atomic E-state index is 12.6. The van der Waals surface area contributed by atoms with E-state index in [0.29, 0.717) is 25.7 Å². The Morgan fingerprint density at radius 1 is 0.529 bits per heavy atom. The molecular formula is C43H83NO6S. The molecule has 0 aliphatic rings. The predicted molar refractivity (Wildman–Crippen MR) is 218 cm³/mol. The molecule has 0 aliphatic carbocycles. The van der Waals surface area contributed by atoms with Crippen molar-refractivity contribution in [1.82, 2.24) is 5.32 Å². The fourth-order valence-corrected chi connectivity index (χ4v) is 7.45. The highest BCUT2D eigenvalue weighted by Crippen LogP contribution is 2.16. The van der Waals surface area contributed by atoms with E-state index in [-0.39, 0.29) is 0 Å². The SMILES string of the molecule is CCCCC/C=C\C=C/CCCCCCCCCCCC(O)C(=O)NC(CS(=O)(=O)O)C(O)CCCCCCCCCCCCCCCCCC. The van der Waals surface area contributed by atoms with E-state index in [9.17, 15) is 28.0 Å². The second kappa shape index (κ2) is 37.1. The van der Waals surface area contributed by atoms with Gasteiger partial charge in [-0.1, -0.05) is 205 Å². The topological polar surface area (TPSA) is 124 Å². The van der Waals surface area contributed by atoms with Crippen LogP contribution >= 0.6 is 0 Å². The van der Waals surface area contributed by atoms with Gasteiger partial charge < -0.3 is 15.5 Å². The molecule has 0 radical (unpaired) electrons. The van der Waals surface area contributed by atoms with E-state index in [2.05, 4.69) is 43.5 Å². The van der Waals surface area contributed by atoms with Crippen LogP contribution in [0.25, 0.3) is 0 Å². The fourth-order valence-electron chi connectivity index (χ4n) is 6.69. The maximum Gasteiger partial charge on any atom is 0.266 e. The molecule has 0 aromatic heterocycles. The molecule has 51 heavy (non-hydrogen) atoms. The van der Waals surface area contributed by atoms with Crippen LogP contribution in [0.3, 0.4) is 0 Å². The first-order valence-corrected chi connectivity index (χ1v) is 23.3. The predicted octanol–water partition coefficient (Wildman–Crippen LogP) is 11.7. The van der Waals surface area contributed by atoms with Crippen LogP contribution in [-0.4, -0.2) is 53.1 Å². The van der Waals surface area contributed by atoms with Gasteiger partial charge in [0.15, 0.2) is 0 Å². The molecule has 0 aliphatic heterocycles. The van der Waals surface area contributed by atoms with Gasteiger partial charge in [-0.25, -0.2) is 0 Å². The molecule has 1 amide bonds. The summed E-state index contributed by atoms with van der Waals surface area (Å²) >= 11 is 0. The highest BCUT2D eigenvalue weighted by Gasteiger charge is 2.28.